The van der Waals surface area contributed by atoms with Crippen LogP contribution in [0.4, 0.5) is 0 Å². The molecule has 2 aromatic carbocycles. The van der Waals surface area contributed by atoms with Gasteiger partial charge in [-0.25, -0.2) is 4.98 Å². The minimum Gasteiger partial charge on any atom is -0.497 e. The van der Waals surface area contributed by atoms with Gasteiger partial charge in [-0.1, -0.05) is 18.2 Å². The van der Waals surface area contributed by atoms with E-state index in [9.17, 15) is 0 Å². The molecular formula is C17H18N4OS. The quantitative estimate of drug-likeness (QED) is 0.496. The summed E-state index contributed by atoms with van der Waals surface area (Å²) in [5.74, 6) is 0.878. The maximum absolute atomic E-state index is 7.51. The number of nitrogens with one attached hydrogen (secondary N) is 1. The first-order valence-corrected chi connectivity index (χ1v) is 8.02. The molecule has 0 aliphatic heterocycles. The van der Waals surface area contributed by atoms with Crippen LogP contribution in [0.1, 0.15) is 22.2 Å². The molecule has 6 heteroatoms. The molecule has 1 heterocycles. The number of methoxy groups -OCH3 is 1. The topological polar surface area (TPSA) is 98.0 Å². The highest BCUT2D eigenvalue weighted by atomic mass is 32.1. The summed E-state index contributed by atoms with van der Waals surface area (Å²) in [5, 5.41) is 8.40. The summed E-state index contributed by atoms with van der Waals surface area (Å²) in [6.07, 6.45) is 0.651. The van der Waals surface area contributed by atoms with E-state index in [1.165, 1.54) is 0 Å². The summed E-state index contributed by atoms with van der Waals surface area (Å²) in [5.41, 5.74) is 14.5. The van der Waals surface area contributed by atoms with Gasteiger partial charge in [-0.05, 0) is 36.2 Å². The zero-order valence-electron chi connectivity index (χ0n) is 12.7. The SMILES string of the molecule is COc1ccc2nc(C(N)Cc3cccc(C(=N)N)c3)sc2c1. The van der Waals surface area contributed by atoms with E-state index in [0.29, 0.717) is 12.0 Å². The molecule has 0 saturated heterocycles. The Balaban J connectivity index is 1.84. The molecule has 1 aromatic heterocycles. The smallest absolute Gasteiger partial charge is 0.122 e. The molecule has 1 atom stereocenters. The number of hydrogen-bond acceptors (Lipinski definition) is 5. The fourth-order valence-electron chi connectivity index (χ4n) is 2.42. The number of benzene rings is 2. The zero-order valence-corrected chi connectivity index (χ0v) is 13.6. The van der Waals surface area contributed by atoms with Gasteiger partial charge in [0.15, 0.2) is 0 Å². The van der Waals surface area contributed by atoms with Gasteiger partial charge in [0.1, 0.15) is 16.6 Å². The normalized spacial score (nSPS) is 12.3. The van der Waals surface area contributed by atoms with Crippen molar-refractivity contribution in [3.8, 4) is 5.75 Å². The third-order valence-corrected chi connectivity index (χ3v) is 4.77. The predicted molar refractivity (Wildman–Crippen MR) is 94.3 cm³/mol. The summed E-state index contributed by atoms with van der Waals surface area (Å²) in [4.78, 5) is 4.61. The molecule has 0 aliphatic rings. The molecule has 3 aromatic rings. The van der Waals surface area contributed by atoms with Gasteiger partial charge < -0.3 is 16.2 Å². The Morgan fingerprint density at radius 1 is 1.30 bits per heavy atom. The highest BCUT2D eigenvalue weighted by molar-refractivity contribution is 7.18. The first kappa shape index (κ1) is 15.5. The van der Waals surface area contributed by atoms with E-state index in [-0.39, 0.29) is 11.9 Å². The van der Waals surface area contributed by atoms with Gasteiger partial charge in [-0.15, -0.1) is 11.3 Å². The van der Waals surface area contributed by atoms with Crippen LogP contribution >= 0.6 is 11.3 Å². The number of hydrogen-bond donors (Lipinski definition) is 3. The second-order valence-electron chi connectivity index (χ2n) is 5.31. The first-order chi connectivity index (χ1) is 11.1. The Kier molecular flexibility index (Phi) is 4.27. The molecule has 23 heavy (non-hydrogen) atoms. The van der Waals surface area contributed by atoms with Gasteiger partial charge in [-0.3, -0.25) is 5.41 Å². The lowest BCUT2D eigenvalue weighted by molar-refractivity contribution is 0.415. The zero-order chi connectivity index (χ0) is 16.4. The van der Waals surface area contributed by atoms with Crippen molar-refractivity contribution in [3.05, 3.63) is 58.6 Å². The predicted octanol–water partition coefficient (Wildman–Crippen LogP) is 2.83. The van der Waals surface area contributed by atoms with Crippen LogP contribution in [0.25, 0.3) is 10.2 Å². The Morgan fingerprint density at radius 2 is 2.13 bits per heavy atom. The molecule has 0 amide bonds. The molecule has 0 radical (unpaired) electrons. The van der Waals surface area contributed by atoms with Crippen LogP contribution in [0.15, 0.2) is 42.5 Å². The summed E-state index contributed by atoms with van der Waals surface area (Å²) in [6, 6.07) is 13.2. The van der Waals surface area contributed by atoms with Crippen molar-refractivity contribution in [2.75, 3.05) is 7.11 Å². The monoisotopic (exact) mass is 326 g/mol. The van der Waals surface area contributed by atoms with Crippen LogP contribution in [-0.4, -0.2) is 17.9 Å². The van der Waals surface area contributed by atoms with Crippen LogP contribution in [0, 0.1) is 5.41 Å². The molecule has 0 fully saturated rings. The maximum Gasteiger partial charge on any atom is 0.122 e. The lowest BCUT2D eigenvalue weighted by Gasteiger charge is -2.09. The fourth-order valence-corrected chi connectivity index (χ4v) is 3.41. The Morgan fingerprint density at radius 3 is 2.87 bits per heavy atom. The molecule has 118 valence electrons. The fraction of sp³-hybridized carbons (Fsp3) is 0.176. The number of nitrogen functional groups attached to an aromatic ring is 1. The summed E-state index contributed by atoms with van der Waals surface area (Å²) < 4.78 is 6.30. The third kappa shape index (κ3) is 3.33. The average Bonchev–Trinajstić information content (AvgIpc) is 2.98. The lowest BCUT2D eigenvalue weighted by atomic mass is 10.0. The highest BCUT2D eigenvalue weighted by Gasteiger charge is 2.14. The Hall–Kier alpha value is -2.44. The first-order valence-electron chi connectivity index (χ1n) is 7.20. The van der Waals surface area contributed by atoms with Gasteiger partial charge >= 0.3 is 0 Å². The van der Waals surface area contributed by atoms with E-state index >= 15 is 0 Å². The van der Waals surface area contributed by atoms with E-state index in [2.05, 4.69) is 4.98 Å². The van der Waals surface area contributed by atoms with Crippen molar-refractivity contribution in [2.24, 2.45) is 11.5 Å². The number of fused-ring (bicyclic) bond motifs is 1. The second-order valence-corrected chi connectivity index (χ2v) is 6.37. The molecule has 0 spiro atoms. The number of thiazole rings is 1. The second kappa shape index (κ2) is 6.36. The van der Waals surface area contributed by atoms with Crippen LogP contribution in [0.3, 0.4) is 0 Å². The van der Waals surface area contributed by atoms with Crippen molar-refractivity contribution >= 4 is 27.4 Å². The number of aromatic nitrogens is 1. The van der Waals surface area contributed by atoms with Crippen molar-refractivity contribution in [3.63, 3.8) is 0 Å². The summed E-state index contributed by atoms with van der Waals surface area (Å²) in [7, 11) is 1.65. The Bertz CT molecular complexity index is 859. The van der Waals surface area contributed by atoms with E-state index in [0.717, 1.165) is 26.5 Å². The standard InChI is InChI=1S/C17H18N4OS/c1-22-12-5-6-14-15(9-12)23-17(21-14)13(18)8-10-3-2-4-11(7-10)16(19)20/h2-7,9,13H,8,18H2,1H3,(H3,19,20). The molecular weight excluding hydrogens is 308 g/mol. The van der Waals surface area contributed by atoms with Crippen LogP contribution in [0.5, 0.6) is 5.75 Å². The van der Waals surface area contributed by atoms with Crippen LogP contribution < -0.4 is 16.2 Å². The van der Waals surface area contributed by atoms with Crippen molar-refractivity contribution in [1.82, 2.24) is 4.98 Å². The molecule has 0 bridgehead atoms. The largest absolute Gasteiger partial charge is 0.497 e. The van der Waals surface area contributed by atoms with E-state index in [4.69, 9.17) is 21.6 Å². The molecule has 3 rings (SSSR count). The molecule has 1 unspecified atom stereocenters. The third-order valence-electron chi connectivity index (χ3n) is 3.62. The lowest BCUT2D eigenvalue weighted by Crippen LogP contribution is -2.14. The summed E-state index contributed by atoms with van der Waals surface area (Å²) in [6.45, 7) is 0. The number of amidine groups is 1. The van der Waals surface area contributed by atoms with Crippen molar-refractivity contribution < 1.29 is 4.74 Å². The van der Waals surface area contributed by atoms with Crippen LogP contribution in [0.2, 0.25) is 0 Å². The maximum atomic E-state index is 7.51. The van der Waals surface area contributed by atoms with Crippen molar-refractivity contribution in [1.29, 1.82) is 5.41 Å². The van der Waals surface area contributed by atoms with E-state index in [1.54, 1.807) is 18.4 Å². The van der Waals surface area contributed by atoms with Crippen LogP contribution in [-0.2, 0) is 6.42 Å². The van der Waals surface area contributed by atoms with Gasteiger partial charge in [0.05, 0.1) is 23.4 Å². The van der Waals surface area contributed by atoms with Gasteiger partial charge in [-0.2, -0.15) is 0 Å². The van der Waals surface area contributed by atoms with Gasteiger partial charge in [0.25, 0.3) is 0 Å². The van der Waals surface area contributed by atoms with Crippen molar-refractivity contribution in [2.45, 2.75) is 12.5 Å². The summed E-state index contributed by atoms with van der Waals surface area (Å²) >= 11 is 1.58. The molecule has 5 N–H and O–H groups in total. The molecule has 0 saturated carbocycles. The number of ether oxygens (including phenoxy) is 1. The number of nitrogens with zero attached hydrogens (tertiary/aromatic N) is 1. The minimum atomic E-state index is -0.194. The number of rotatable bonds is 5. The van der Waals surface area contributed by atoms with E-state index in [1.807, 2.05) is 42.5 Å². The van der Waals surface area contributed by atoms with Gasteiger partial charge in [0, 0.05) is 5.56 Å². The average molecular weight is 326 g/mol. The highest BCUT2D eigenvalue weighted by Crippen LogP contribution is 2.30. The van der Waals surface area contributed by atoms with Gasteiger partial charge in [0.2, 0.25) is 0 Å². The van der Waals surface area contributed by atoms with E-state index < -0.39 is 0 Å². The molecule has 0 aliphatic carbocycles. The molecule has 5 nitrogen and oxygen atoms in total. The minimum absolute atomic E-state index is 0.0625. The number of nitrogens with two attached hydrogens (primary N) is 2. The Labute approximate surface area is 138 Å².